The molecule has 0 aliphatic heterocycles. The van der Waals surface area contributed by atoms with Crippen molar-refractivity contribution in [1.82, 2.24) is 0 Å². The largest absolute Gasteiger partial charge is 0.423 e. The second-order valence-electron chi connectivity index (χ2n) is 4.93. The second-order valence-corrected chi connectivity index (χ2v) is 5.75. The highest BCUT2D eigenvalue weighted by Gasteiger charge is 2.10. The zero-order valence-electron chi connectivity index (χ0n) is 13.1. The summed E-state index contributed by atoms with van der Waals surface area (Å²) < 4.78 is 10.0. The molecule has 0 aliphatic carbocycles. The Kier molecular flexibility index (Phi) is 6.39. The van der Waals surface area contributed by atoms with Crippen LogP contribution in [-0.2, 0) is 16.0 Å². The molecule has 0 aliphatic rings. The monoisotopic (exact) mass is 376 g/mol. The number of benzene rings is 2. The molecule has 0 fully saturated rings. The minimum absolute atomic E-state index is 0.330. The molecule has 6 heteroatoms. The number of halogens is 2. The normalized spacial score (nSPS) is 10.0. The van der Waals surface area contributed by atoms with Crippen LogP contribution in [-0.4, -0.2) is 11.9 Å². The third-order valence-electron chi connectivity index (χ3n) is 3.20. The lowest BCUT2D eigenvalue weighted by Gasteiger charge is -2.10. The van der Waals surface area contributed by atoms with Crippen LogP contribution in [0.2, 0.25) is 10.0 Å². The highest BCUT2D eigenvalue weighted by atomic mass is 35.5. The van der Waals surface area contributed by atoms with Crippen molar-refractivity contribution in [3.05, 3.63) is 82.9 Å². The summed E-state index contributed by atoms with van der Waals surface area (Å²) >= 11 is 12.5. The van der Waals surface area contributed by atoms with Gasteiger partial charge in [0.2, 0.25) is 0 Å². The first-order chi connectivity index (χ1) is 11.9. The fourth-order valence-corrected chi connectivity index (χ4v) is 2.47. The van der Waals surface area contributed by atoms with Gasteiger partial charge in [-0.3, -0.25) is 0 Å². The van der Waals surface area contributed by atoms with Crippen molar-refractivity contribution < 1.29 is 19.1 Å². The van der Waals surface area contributed by atoms with Gasteiger partial charge in [-0.2, -0.15) is 0 Å². The van der Waals surface area contributed by atoms with Crippen LogP contribution < -0.4 is 9.47 Å². The molecule has 4 nitrogen and oxygen atoms in total. The Morgan fingerprint density at radius 3 is 1.56 bits per heavy atom. The first kappa shape index (κ1) is 18.8. The molecular weight excluding hydrogens is 363 g/mol. The summed E-state index contributed by atoms with van der Waals surface area (Å²) in [4.78, 5) is 22.4. The van der Waals surface area contributed by atoms with Crippen LogP contribution in [0.25, 0.3) is 0 Å². The summed E-state index contributed by atoms with van der Waals surface area (Å²) in [7, 11) is 0. The average molecular weight is 377 g/mol. The average Bonchev–Trinajstić information content (AvgIpc) is 2.59. The molecule has 0 aromatic heterocycles. The minimum atomic E-state index is -0.559. The van der Waals surface area contributed by atoms with E-state index in [1.807, 2.05) is 0 Å². The number of esters is 2. The Balaban J connectivity index is 2.16. The van der Waals surface area contributed by atoms with E-state index >= 15 is 0 Å². The molecule has 0 amide bonds. The van der Waals surface area contributed by atoms with Crippen LogP contribution in [0.3, 0.4) is 0 Å². The van der Waals surface area contributed by atoms with E-state index in [0.29, 0.717) is 28.0 Å². The summed E-state index contributed by atoms with van der Waals surface area (Å²) in [5.74, 6) is -0.457. The van der Waals surface area contributed by atoms with Gasteiger partial charge in [0, 0.05) is 28.6 Å². The molecule has 2 aromatic carbocycles. The SMILES string of the molecule is C=CC(=O)Oc1ccc(Cc2ccc(OC(=O)C=C)cc2Cl)c(Cl)c1. The van der Waals surface area contributed by atoms with Crippen LogP contribution in [0.5, 0.6) is 11.5 Å². The summed E-state index contributed by atoms with van der Waals surface area (Å²) in [6, 6.07) is 9.86. The highest BCUT2D eigenvalue weighted by molar-refractivity contribution is 6.32. The fourth-order valence-electron chi connectivity index (χ4n) is 1.99. The maximum atomic E-state index is 11.2. The Morgan fingerprint density at radius 2 is 1.24 bits per heavy atom. The Labute approximate surface area is 155 Å². The lowest BCUT2D eigenvalue weighted by Crippen LogP contribution is -2.04. The number of rotatable bonds is 6. The van der Waals surface area contributed by atoms with Gasteiger partial charge in [-0.15, -0.1) is 0 Å². The molecule has 0 heterocycles. The molecule has 128 valence electrons. The second kappa shape index (κ2) is 8.51. The van der Waals surface area contributed by atoms with Crippen molar-refractivity contribution in [3.8, 4) is 11.5 Å². The van der Waals surface area contributed by atoms with Gasteiger partial charge in [0.1, 0.15) is 11.5 Å². The lowest BCUT2D eigenvalue weighted by molar-refractivity contribution is -0.129. The molecule has 0 saturated heterocycles. The molecule has 0 bridgehead atoms. The highest BCUT2D eigenvalue weighted by Crippen LogP contribution is 2.29. The van der Waals surface area contributed by atoms with Crippen LogP contribution >= 0.6 is 23.2 Å². The number of ether oxygens (including phenoxy) is 2. The third kappa shape index (κ3) is 5.21. The van der Waals surface area contributed by atoms with Gasteiger partial charge in [-0.25, -0.2) is 9.59 Å². The van der Waals surface area contributed by atoms with Crippen LogP contribution in [0, 0.1) is 0 Å². The smallest absolute Gasteiger partial charge is 0.335 e. The summed E-state index contributed by atoms with van der Waals surface area (Å²) in [6.45, 7) is 6.67. The van der Waals surface area contributed by atoms with E-state index in [1.165, 1.54) is 0 Å². The van der Waals surface area contributed by atoms with Crippen molar-refractivity contribution in [1.29, 1.82) is 0 Å². The van der Waals surface area contributed by atoms with Crippen molar-refractivity contribution in [2.45, 2.75) is 6.42 Å². The summed E-state index contributed by atoms with van der Waals surface area (Å²) in [5, 5.41) is 0.875. The molecule has 0 atom stereocenters. The molecular formula is C19H14Cl2O4. The maximum Gasteiger partial charge on any atom is 0.335 e. The molecule has 0 N–H and O–H groups in total. The van der Waals surface area contributed by atoms with E-state index in [9.17, 15) is 9.59 Å². The Hall–Kier alpha value is -2.56. The number of hydrogen-bond donors (Lipinski definition) is 0. The zero-order chi connectivity index (χ0) is 18.4. The topological polar surface area (TPSA) is 52.6 Å². The summed E-state index contributed by atoms with van der Waals surface area (Å²) in [5.41, 5.74) is 1.61. The lowest BCUT2D eigenvalue weighted by atomic mass is 10.0. The molecule has 25 heavy (non-hydrogen) atoms. The van der Waals surface area contributed by atoms with Gasteiger partial charge in [0.05, 0.1) is 0 Å². The first-order valence-electron chi connectivity index (χ1n) is 7.18. The Bertz CT molecular complexity index is 774. The predicted molar refractivity (Wildman–Crippen MR) is 97.4 cm³/mol. The van der Waals surface area contributed by atoms with Gasteiger partial charge in [-0.1, -0.05) is 48.5 Å². The quantitative estimate of drug-likeness (QED) is 0.414. The molecule has 2 aromatic rings. The van der Waals surface area contributed by atoms with Crippen molar-refractivity contribution >= 4 is 35.1 Å². The van der Waals surface area contributed by atoms with Gasteiger partial charge in [0.25, 0.3) is 0 Å². The van der Waals surface area contributed by atoms with Gasteiger partial charge in [-0.05, 0) is 35.4 Å². The minimum Gasteiger partial charge on any atom is -0.423 e. The predicted octanol–water partition coefficient (Wildman–Crippen LogP) is 4.77. The number of carbonyl (C=O) groups excluding carboxylic acids is 2. The van der Waals surface area contributed by atoms with Crippen molar-refractivity contribution in [2.24, 2.45) is 0 Å². The van der Waals surface area contributed by atoms with E-state index in [-0.39, 0.29) is 0 Å². The number of hydrogen-bond acceptors (Lipinski definition) is 4. The molecule has 0 radical (unpaired) electrons. The van der Waals surface area contributed by atoms with Crippen molar-refractivity contribution in [2.75, 3.05) is 0 Å². The first-order valence-corrected chi connectivity index (χ1v) is 7.94. The third-order valence-corrected chi connectivity index (χ3v) is 3.90. The van der Waals surface area contributed by atoms with Gasteiger partial charge >= 0.3 is 11.9 Å². The zero-order valence-corrected chi connectivity index (χ0v) is 14.6. The summed E-state index contributed by atoms with van der Waals surface area (Å²) in [6.07, 6.45) is 2.60. The van der Waals surface area contributed by atoms with E-state index in [0.717, 1.165) is 23.3 Å². The van der Waals surface area contributed by atoms with E-state index in [4.69, 9.17) is 32.7 Å². The van der Waals surface area contributed by atoms with Crippen LogP contribution in [0.1, 0.15) is 11.1 Å². The van der Waals surface area contributed by atoms with Gasteiger partial charge in [0.15, 0.2) is 0 Å². The van der Waals surface area contributed by atoms with E-state index in [1.54, 1.807) is 36.4 Å². The van der Waals surface area contributed by atoms with E-state index in [2.05, 4.69) is 13.2 Å². The van der Waals surface area contributed by atoms with Gasteiger partial charge < -0.3 is 9.47 Å². The van der Waals surface area contributed by atoms with Crippen LogP contribution in [0.15, 0.2) is 61.7 Å². The molecule has 2 rings (SSSR count). The molecule has 0 unspecified atom stereocenters. The Morgan fingerprint density at radius 1 is 0.840 bits per heavy atom. The maximum absolute atomic E-state index is 11.2. The standard InChI is InChI=1S/C19H14Cl2O4/c1-3-18(22)24-14-7-5-12(16(20)10-14)9-13-6-8-15(11-17(13)21)25-19(23)4-2/h3-8,10-11H,1-2,9H2. The van der Waals surface area contributed by atoms with E-state index < -0.39 is 11.9 Å². The molecule has 0 saturated carbocycles. The van der Waals surface area contributed by atoms with Crippen LogP contribution in [0.4, 0.5) is 0 Å². The number of carbonyl (C=O) groups is 2. The fraction of sp³-hybridized carbons (Fsp3) is 0.0526. The van der Waals surface area contributed by atoms with Crippen molar-refractivity contribution in [3.63, 3.8) is 0 Å². The molecule has 0 spiro atoms.